The van der Waals surface area contributed by atoms with Crippen LogP contribution in [0.1, 0.15) is 18.0 Å². The normalized spacial score (nSPS) is 11.9. The molecular weight excluding hydrogens is 327 g/mol. The number of benzene rings is 2. The van der Waals surface area contributed by atoms with Gasteiger partial charge in [0.1, 0.15) is 5.82 Å². The number of carbonyl (C=O) groups is 1. The number of rotatable bonds is 5. The summed E-state index contributed by atoms with van der Waals surface area (Å²) < 4.78 is 15.2. The van der Waals surface area contributed by atoms with E-state index < -0.39 is 5.82 Å². The van der Waals surface area contributed by atoms with E-state index in [1.165, 1.54) is 18.2 Å². The lowest BCUT2D eigenvalue weighted by Crippen LogP contribution is -2.19. The zero-order valence-corrected chi connectivity index (χ0v) is 13.6. The van der Waals surface area contributed by atoms with Crippen molar-refractivity contribution in [2.75, 3.05) is 5.32 Å². The second-order valence-corrected chi connectivity index (χ2v) is 5.85. The van der Waals surface area contributed by atoms with Gasteiger partial charge in [-0.3, -0.25) is 4.79 Å². The fraction of sp³-hybridized carbons (Fsp3) is 0.105. The fourth-order valence-electron chi connectivity index (χ4n) is 2.59. The maximum absolute atomic E-state index is 13.2. The highest BCUT2D eigenvalue weighted by Crippen LogP contribution is 2.24. The summed E-state index contributed by atoms with van der Waals surface area (Å²) in [6, 6.07) is 17.7. The predicted molar refractivity (Wildman–Crippen MR) is 93.7 cm³/mol. The van der Waals surface area contributed by atoms with Gasteiger partial charge in [0.15, 0.2) is 0 Å². The summed E-state index contributed by atoms with van der Waals surface area (Å²) in [7, 11) is 0. The molecule has 2 aromatic carbocycles. The molecule has 0 bridgehead atoms. The molecule has 0 aliphatic rings. The standard InChI is InChI=1S/C19H16ClFN2O/c20-16-12-15(8-9-17(16)21)22-19(24)13-18(23-10-4-5-11-23)14-6-2-1-3-7-14/h1-12,18H,13H2,(H,22,24)/t18-/m0/s1. The first-order chi connectivity index (χ1) is 11.6. The number of carbonyl (C=O) groups excluding carboxylic acids is 1. The summed E-state index contributed by atoms with van der Waals surface area (Å²) in [4.78, 5) is 12.4. The van der Waals surface area contributed by atoms with E-state index in [0.29, 0.717) is 5.69 Å². The number of hydrogen-bond acceptors (Lipinski definition) is 1. The van der Waals surface area contributed by atoms with Crippen molar-refractivity contribution in [1.29, 1.82) is 0 Å². The van der Waals surface area contributed by atoms with Gasteiger partial charge in [0.05, 0.1) is 17.5 Å². The third kappa shape index (κ3) is 3.84. The molecule has 0 aliphatic heterocycles. The maximum Gasteiger partial charge on any atom is 0.226 e. The Morgan fingerprint density at radius 1 is 1.08 bits per heavy atom. The molecule has 0 spiro atoms. The Bertz CT molecular complexity index is 819. The van der Waals surface area contributed by atoms with Gasteiger partial charge in [-0.05, 0) is 35.9 Å². The van der Waals surface area contributed by atoms with Crippen molar-refractivity contribution in [3.05, 3.63) is 89.5 Å². The summed E-state index contributed by atoms with van der Waals surface area (Å²) in [5.74, 6) is -0.676. The van der Waals surface area contributed by atoms with E-state index in [2.05, 4.69) is 5.32 Å². The Labute approximate surface area is 144 Å². The first-order valence-corrected chi connectivity index (χ1v) is 7.93. The molecule has 24 heavy (non-hydrogen) atoms. The summed E-state index contributed by atoms with van der Waals surface area (Å²) in [6.45, 7) is 0. The van der Waals surface area contributed by atoms with Gasteiger partial charge >= 0.3 is 0 Å². The van der Waals surface area contributed by atoms with Crippen LogP contribution in [-0.4, -0.2) is 10.5 Å². The van der Waals surface area contributed by atoms with Crippen molar-refractivity contribution in [2.24, 2.45) is 0 Å². The number of halogens is 2. The monoisotopic (exact) mass is 342 g/mol. The van der Waals surface area contributed by atoms with Crippen molar-refractivity contribution in [2.45, 2.75) is 12.5 Å². The van der Waals surface area contributed by atoms with Gasteiger partial charge < -0.3 is 9.88 Å². The van der Waals surface area contributed by atoms with E-state index in [1.807, 2.05) is 59.4 Å². The second-order valence-electron chi connectivity index (χ2n) is 5.44. The average Bonchev–Trinajstić information content (AvgIpc) is 3.11. The third-order valence-corrected chi connectivity index (χ3v) is 4.04. The number of aromatic nitrogens is 1. The van der Waals surface area contributed by atoms with E-state index >= 15 is 0 Å². The lowest BCUT2D eigenvalue weighted by molar-refractivity contribution is -0.116. The molecule has 1 amide bonds. The van der Waals surface area contributed by atoms with Gasteiger partial charge in [-0.15, -0.1) is 0 Å². The minimum absolute atomic E-state index is 0.0159. The molecule has 0 aliphatic carbocycles. The van der Waals surface area contributed by atoms with Crippen LogP contribution in [0.25, 0.3) is 0 Å². The SMILES string of the molecule is O=C(C[C@@H](c1ccccc1)n1cccc1)Nc1ccc(F)c(Cl)c1. The molecular formula is C19H16ClFN2O. The molecule has 0 saturated carbocycles. The maximum atomic E-state index is 13.2. The molecule has 0 unspecified atom stereocenters. The van der Waals surface area contributed by atoms with Crippen molar-refractivity contribution in [1.82, 2.24) is 4.57 Å². The van der Waals surface area contributed by atoms with E-state index in [1.54, 1.807) is 0 Å². The largest absolute Gasteiger partial charge is 0.346 e. The Hall–Kier alpha value is -2.59. The molecule has 1 atom stereocenters. The first-order valence-electron chi connectivity index (χ1n) is 7.56. The minimum atomic E-state index is -0.510. The third-order valence-electron chi connectivity index (χ3n) is 3.75. The average molecular weight is 343 g/mol. The topological polar surface area (TPSA) is 34.0 Å². The molecule has 122 valence electrons. The van der Waals surface area contributed by atoms with Crippen LogP contribution < -0.4 is 5.32 Å². The van der Waals surface area contributed by atoms with Gasteiger partial charge in [-0.1, -0.05) is 41.9 Å². The highest BCUT2D eigenvalue weighted by Gasteiger charge is 2.17. The Balaban J connectivity index is 1.77. The highest BCUT2D eigenvalue weighted by molar-refractivity contribution is 6.31. The van der Waals surface area contributed by atoms with Crippen LogP contribution in [0.15, 0.2) is 73.1 Å². The molecule has 0 fully saturated rings. The van der Waals surface area contributed by atoms with Crippen molar-refractivity contribution >= 4 is 23.2 Å². The number of hydrogen-bond donors (Lipinski definition) is 1. The quantitative estimate of drug-likeness (QED) is 0.703. The van der Waals surface area contributed by atoms with Gasteiger partial charge in [-0.25, -0.2) is 4.39 Å². The molecule has 1 heterocycles. The van der Waals surface area contributed by atoms with Crippen molar-refractivity contribution in [3.8, 4) is 0 Å². The lowest BCUT2D eigenvalue weighted by atomic mass is 10.0. The zero-order valence-electron chi connectivity index (χ0n) is 12.8. The summed E-state index contributed by atoms with van der Waals surface area (Å²) in [6.07, 6.45) is 4.12. The Morgan fingerprint density at radius 3 is 2.46 bits per heavy atom. The second kappa shape index (κ2) is 7.32. The Kier molecular flexibility index (Phi) is 4.96. The van der Waals surface area contributed by atoms with E-state index in [4.69, 9.17) is 11.6 Å². The lowest BCUT2D eigenvalue weighted by Gasteiger charge is -2.19. The van der Waals surface area contributed by atoms with E-state index in [-0.39, 0.29) is 23.4 Å². The van der Waals surface area contributed by atoms with Crippen molar-refractivity contribution in [3.63, 3.8) is 0 Å². The van der Waals surface area contributed by atoms with Gasteiger partial charge in [0.2, 0.25) is 5.91 Å². The predicted octanol–water partition coefficient (Wildman–Crippen LogP) is 4.90. The van der Waals surface area contributed by atoms with Crippen LogP contribution in [0.2, 0.25) is 5.02 Å². The molecule has 1 N–H and O–H groups in total. The van der Waals surface area contributed by atoms with Crippen LogP contribution in [0, 0.1) is 5.82 Å². The minimum Gasteiger partial charge on any atom is -0.346 e. The highest BCUT2D eigenvalue weighted by atomic mass is 35.5. The zero-order chi connectivity index (χ0) is 16.9. The summed E-state index contributed by atoms with van der Waals surface area (Å²) in [5, 5.41) is 2.75. The van der Waals surface area contributed by atoms with E-state index in [9.17, 15) is 9.18 Å². The van der Waals surface area contributed by atoms with Gasteiger partial charge in [0, 0.05) is 18.1 Å². The van der Waals surface area contributed by atoms with Crippen LogP contribution in [-0.2, 0) is 4.79 Å². The molecule has 3 aromatic rings. The molecule has 3 nitrogen and oxygen atoms in total. The number of nitrogens with one attached hydrogen (secondary N) is 1. The van der Waals surface area contributed by atoms with Crippen LogP contribution in [0.3, 0.4) is 0 Å². The van der Waals surface area contributed by atoms with Crippen LogP contribution in [0.5, 0.6) is 0 Å². The molecule has 1 aromatic heterocycles. The van der Waals surface area contributed by atoms with E-state index in [0.717, 1.165) is 5.56 Å². The molecule has 5 heteroatoms. The van der Waals surface area contributed by atoms with Crippen molar-refractivity contribution < 1.29 is 9.18 Å². The van der Waals surface area contributed by atoms with Gasteiger partial charge in [0.25, 0.3) is 0 Å². The molecule has 3 rings (SSSR count). The van der Waals surface area contributed by atoms with Gasteiger partial charge in [-0.2, -0.15) is 0 Å². The summed E-state index contributed by atoms with van der Waals surface area (Å²) >= 11 is 5.75. The molecule has 0 radical (unpaired) electrons. The number of nitrogens with zero attached hydrogens (tertiary/aromatic N) is 1. The summed E-state index contributed by atoms with van der Waals surface area (Å²) in [5.41, 5.74) is 1.52. The number of amides is 1. The molecule has 0 saturated heterocycles. The first kappa shape index (κ1) is 16.3. The smallest absolute Gasteiger partial charge is 0.226 e. The Morgan fingerprint density at radius 2 is 1.79 bits per heavy atom. The number of anilines is 1. The van der Waals surface area contributed by atoms with Crippen LogP contribution >= 0.6 is 11.6 Å². The fourth-order valence-corrected chi connectivity index (χ4v) is 2.77. The van der Waals surface area contributed by atoms with Crippen LogP contribution in [0.4, 0.5) is 10.1 Å².